The Balaban J connectivity index is 1.94. The van der Waals surface area contributed by atoms with E-state index in [1.54, 1.807) is 0 Å². The minimum Gasteiger partial charge on any atom is -0.497 e. The lowest BCUT2D eigenvalue weighted by Gasteiger charge is -2.26. The van der Waals surface area contributed by atoms with Crippen LogP contribution in [-0.4, -0.2) is 70.9 Å². The molecule has 48 heavy (non-hydrogen) atoms. The second kappa shape index (κ2) is 16.3. The third-order valence-electron chi connectivity index (χ3n) is 6.91. The van der Waals surface area contributed by atoms with Crippen LogP contribution >= 0.6 is 0 Å². The fraction of sp³-hybridized carbons (Fsp3) is 0.286. The molecule has 0 aliphatic heterocycles. The monoisotopic (exact) mass is 690 g/mol. The lowest BCUT2D eigenvalue weighted by atomic mass is 9.97. The molecular weight excluding hydrogens is 660 g/mol. The zero-order valence-corrected chi connectivity index (χ0v) is 26.0. The Labute approximate surface area is 272 Å². The number of hydroxylamine groups is 1. The quantitative estimate of drug-likeness (QED) is 0.0789. The Morgan fingerprint density at radius 2 is 1.50 bits per heavy atom. The molecule has 256 valence electrons. The minimum absolute atomic E-state index is 0.00318. The topological polar surface area (TPSA) is 278 Å². The predicted octanol–water partition coefficient (Wildman–Crippen LogP) is 3.65. The molecule has 0 fully saturated rings. The SMILES string of the molecule is COc1ccc(S(=O)(=O)CC(OC(=O)NN(O)[C@@H](CCCCN)C(=O)c2c([N+](=O)[O-])cccc2[N+](=O)[O-])c2ccc([N+](=O)[O-])cc2)cc1. The maximum Gasteiger partial charge on any atom is 0.424 e. The number of nitro benzene ring substituents is 3. The number of unbranched alkanes of at least 4 members (excludes halogenated alkanes) is 1. The first-order valence-corrected chi connectivity index (χ1v) is 15.6. The van der Waals surface area contributed by atoms with Crippen molar-refractivity contribution in [1.82, 2.24) is 10.6 Å². The Morgan fingerprint density at radius 3 is 2.00 bits per heavy atom. The molecule has 0 bridgehead atoms. The Bertz CT molecular complexity index is 1740. The number of carbonyl (C=O) groups is 2. The van der Waals surface area contributed by atoms with E-state index in [-0.39, 0.29) is 40.7 Å². The molecule has 3 rings (SSSR count). The molecule has 0 spiro atoms. The van der Waals surface area contributed by atoms with Crippen molar-refractivity contribution >= 4 is 38.8 Å². The van der Waals surface area contributed by atoms with Crippen LogP contribution in [0.3, 0.4) is 0 Å². The van der Waals surface area contributed by atoms with Crippen LogP contribution in [0.2, 0.25) is 0 Å². The van der Waals surface area contributed by atoms with Gasteiger partial charge in [0.05, 0.1) is 32.5 Å². The number of nitrogens with zero attached hydrogens (tertiary/aromatic N) is 4. The molecule has 20 heteroatoms. The first-order valence-electron chi connectivity index (χ1n) is 13.9. The van der Waals surface area contributed by atoms with Crippen molar-refractivity contribution in [2.45, 2.75) is 36.3 Å². The van der Waals surface area contributed by atoms with Gasteiger partial charge in [0.2, 0.25) is 0 Å². The second-order valence-electron chi connectivity index (χ2n) is 10.0. The van der Waals surface area contributed by atoms with Crippen molar-refractivity contribution in [3.63, 3.8) is 0 Å². The van der Waals surface area contributed by atoms with Crippen molar-refractivity contribution in [3.05, 3.63) is 108 Å². The van der Waals surface area contributed by atoms with Gasteiger partial charge in [-0.2, -0.15) is 0 Å². The zero-order valence-electron chi connectivity index (χ0n) is 25.2. The molecule has 0 aromatic heterocycles. The number of hydrazine groups is 1. The van der Waals surface area contributed by atoms with E-state index in [0.717, 1.165) is 42.5 Å². The van der Waals surface area contributed by atoms with E-state index in [4.69, 9.17) is 15.2 Å². The van der Waals surface area contributed by atoms with E-state index in [2.05, 4.69) is 0 Å². The summed E-state index contributed by atoms with van der Waals surface area (Å²) in [6, 6.07) is 10.6. The Morgan fingerprint density at radius 1 is 0.917 bits per heavy atom. The van der Waals surface area contributed by atoms with Gasteiger partial charge in [-0.15, -0.1) is 0 Å². The number of Topliss-reactive ketones (excluding diaryl/α,β-unsaturated/α-hetero) is 1. The summed E-state index contributed by atoms with van der Waals surface area (Å²) in [6.45, 7) is 0.146. The van der Waals surface area contributed by atoms with Gasteiger partial charge in [0.15, 0.2) is 21.2 Å². The predicted molar refractivity (Wildman–Crippen MR) is 165 cm³/mol. The molecule has 3 aromatic rings. The van der Waals surface area contributed by atoms with Crippen LogP contribution in [0.1, 0.15) is 41.3 Å². The fourth-order valence-corrected chi connectivity index (χ4v) is 5.91. The van der Waals surface area contributed by atoms with Crippen LogP contribution in [0.5, 0.6) is 5.75 Å². The molecule has 3 aromatic carbocycles. The smallest absolute Gasteiger partial charge is 0.424 e. The Kier molecular flexibility index (Phi) is 12.5. The summed E-state index contributed by atoms with van der Waals surface area (Å²) in [5, 5.41) is 45.2. The van der Waals surface area contributed by atoms with E-state index < -0.39 is 71.3 Å². The number of carbonyl (C=O) groups excluding carboxylic acids is 2. The third-order valence-corrected chi connectivity index (χ3v) is 8.64. The number of benzene rings is 3. The highest BCUT2D eigenvalue weighted by Gasteiger charge is 2.38. The molecular formula is C28H30N6O13S. The summed E-state index contributed by atoms with van der Waals surface area (Å²) in [5.74, 6) is -1.80. The number of methoxy groups -OCH3 is 1. The summed E-state index contributed by atoms with van der Waals surface area (Å²) in [4.78, 5) is 58.1. The molecule has 0 saturated heterocycles. The highest BCUT2D eigenvalue weighted by atomic mass is 32.2. The lowest BCUT2D eigenvalue weighted by molar-refractivity contribution is -0.394. The van der Waals surface area contributed by atoms with Crippen LogP contribution in [0.25, 0.3) is 0 Å². The zero-order chi connectivity index (χ0) is 35.6. The first kappa shape index (κ1) is 36.9. The van der Waals surface area contributed by atoms with Gasteiger partial charge < -0.3 is 15.2 Å². The number of ether oxygens (including phenoxy) is 2. The second-order valence-corrected chi connectivity index (χ2v) is 12.0. The maximum atomic E-state index is 13.6. The third kappa shape index (κ3) is 9.25. The van der Waals surface area contributed by atoms with Gasteiger partial charge in [-0.25, -0.2) is 18.6 Å². The maximum absolute atomic E-state index is 13.6. The standard InChI is InChI=1S/C28H30N6O13S/c1-46-20-12-14-21(15-13-20)48(44,45)17-25(18-8-10-19(11-9-18)32(38)39)47-28(36)30-31(37)24(5-2-3-16-29)27(35)26-22(33(40)41)6-4-7-23(26)34(42)43/h4,6-15,24-25,37H,2-3,5,16-17,29H2,1H3,(H,30,36)/t24-,25?/m0/s1. The van der Waals surface area contributed by atoms with Crippen molar-refractivity contribution in [1.29, 1.82) is 0 Å². The van der Waals surface area contributed by atoms with Gasteiger partial charge in [-0.3, -0.25) is 40.3 Å². The van der Waals surface area contributed by atoms with Crippen LogP contribution < -0.4 is 15.9 Å². The molecule has 1 unspecified atom stereocenters. The van der Waals surface area contributed by atoms with Crippen molar-refractivity contribution in [2.75, 3.05) is 19.4 Å². The molecule has 19 nitrogen and oxygen atoms in total. The number of nitrogens with two attached hydrogens (primary N) is 1. The van der Waals surface area contributed by atoms with Crippen LogP contribution in [0.4, 0.5) is 21.9 Å². The van der Waals surface area contributed by atoms with Gasteiger partial charge in [-0.05, 0) is 73.8 Å². The summed E-state index contributed by atoms with van der Waals surface area (Å²) < 4.78 is 36.9. The average molecular weight is 691 g/mol. The first-order chi connectivity index (χ1) is 22.7. The summed E-state index contributed by atoms with van der Waals surface area (Å²) in [7, 11) is -2.83. The van der Waals surface area contributed by atoms with Gasteiger partial charge in [0.25, 0.3) is 17.1 Å². The molecule has 0 aliphatic rings. The molecule has 0 radical (unpaired) electrons. The highest BCUT2D eigenvalue weighted by molar-refractivity contribution is 7.91. The molecule has 0 heterocycles. The van der Waals surface area contributed by atoms with Crippen molar-refractivity contribution < 1.29 is 47.5 Å². The number of nitro groups is 3. The van der Waals surface area contributed by atoms with Gasteiger partial charge >= 0.3 is 6.09 Å². The number of nitrogens with one attached hydrogen (secondary N) is 1. The summed E-state index contributed by atoms with van der Waals surface area (Å²) in [5.41, 5.74) is 4.23. The molecule has 2 atom stereocenters. The van der Waals surface area contributed by atoms with E-state index in [1.165, 1.54) is 31.4 Å². The minimum atomic E-state index is -4.20. The average Bonchev–Trinajstić information content (AvgIpc) is 3.05. The number of ketones is 1. The van der Waals surface area contributed by atoms with Gasteiger partial charge in [0.1, 0.15) is 17.9 Å². The van der Waals surface area contributed by atoms with Crippen LogP contribution in [-0.2, 0) is 14.6 Å². The van der Waals surface area contributed by atoms with E-state index in [1.807, 2.05) is 5.43 Å². The van der Waals surface area contributed by atoms with Gasteiger partial charge in [-0.1, -0.05) is 5.17 Å². The number of hydrogen-bond acceptors (Lipinski definition) is 15. The van der Waals surface area contributed by atoms with E-state index in [9.17, 15) is 53.6 Å². The fourth-order valence-electron chi connectivity index (χ4n) is 4.51. The molecule has 1 amide bonds. The lowest BCUT2D eigenvalue weighted by Crippen LogP contribution is -2.50. The van der Waals surface area contributed by atoms with Crippen LogP contribution in [0.15, 0.2) is 71.6 Å². The summed E-state index contributed by atoms with van der Waals surface area (Å²) >= 11 is 0. The molecule has 0 saturated carbocycles. The molecule has 0 aliphatic carbocycles. The highest BCUT2D eigenvalue weighted by Crippen LogP contribution is 2.31. The van der Waals surface area contributed by atoms with Crippen molar-refractivity contribution in [2.24, 2.45) is 5.73 Å². The Hall–Kier alpha value is -5.57. The van der Waals surface area contributed by atoms with Gasteiger partial charge in [0, 0.05) is 24.3 Å². The van der Waals surface area contributed by atoms with Crippen molar-refractivity contribution in [3.8, 4) is 5.75 Å². The normalized spacial score (nSPS) is 12.5. The largest absolute Gasteiger partial charge is 0.497 e. The summed E-state index contributed by atoms with van der Waals surface area (Å²) in [6.07, 6.45) is -3.02. The van der Waals surface area contributed by atoms with E-state index in [0.29, 0.717) is 12.2 Å². The van der Waals surface area contributed by atoms with E-state index >= 15 is 0 Å². The number of non-ortho nitro benzene ring substituents is 1. The molecule has 4 N–H and O–H groups in total. The number of amides is 1. The number of sulfone groups is 1. The van der Waals surface area contributed by atoms with Crippen LogP contribution in [0, 0.1) is 30.3 Å². The number of hydrogen-bond donors (Lipinski definition) is 3. The number of rotatable bonds is 17.